The van der Waals surface area contributed by atoms with Gasteiger partial charge in [-0.05, 0) is 60.7 Å². The average Bonchev–Trinajstić information content (AvgIpc) is 3.11. The minimum Gasteiger partial charge on any atom is -0.494 e. The Morgan fingerprint density at radius 2 is 2.04 bits per heavy atom. The van der Waals surface area contributed by atoms with Crippen molar-refractivity contribution >= 4 is 11.7 Å². The predicted molar refractivity (Wildman–Crippen MR) is 97.4 cm³/mol. The topological polar surface area (TPSA) is 58.6 Å². The Kier molecular flexibility index (Phi) is 3.96. The lowest BCUT2D eigenvalue weighted by atomic mass is 9.77. The minimum atomic E-state index is -0.891. The van der Waals surface area contributed by atoms with Gasteiger partial charge in [0.05, 0.1) is 18.2 Å². The van der Waals surface area contributed by atoms with Crippen molar-refractivity contribution in [3.05, 3.63) is 71.3 Å². The number of carbonyl (C=O) groups is 1. The maximum absolute atomic E-state index is 11.1. The normalized spacial score (nSPS) is 23.5. The molecule has 0 bridgehead atoms. The second-order valence-electron chi connectivity index (χ2n) is 6.58. The van der Waals surface area contributed by atoms with Gasteiger partial charge in [-0.25, -0.2) is 4.79 Å². The lowest BCUT2D eigenvalue weighted by Crippen LogP contribution is -2.29. The van der Waals surface area contributed by atoms with Crippen molar-refractivity contribution in [2.24, 2.45) is 5.92 Å². The molecule has 1 aliphatic carbocycles. The molecule has 128 valence electrons. The molecule has 0 saturated heterocycles. The van der Waals surface area contributed by atoms with Crippen LogP contribution >= 0.6 is 0 Å². The van der Waals surface area contributed by atoms with Gasteiger partial charge in [-0.3, -0.25) is 0 Å². The van der Waals surface area contributed by atoms with Crippen molar-refractivity contribution in [3.63, 3.8) is 0 Å². The van der Waals surface area contributed by atoms with Crippen LogP contribution in [0.5, 0.6) is 5.75 Å². The first kappa shape index (κ1) is 15.8. The van der Waals surface area contributed by atoms with Gasteiger partial charge in [0.2, 0.25) is 0 Å². The largest absolute Gasteiger partial charge is 0.494 e. The third-order valence-corrected chi connectivity index (χ3v) is 5.16. The molecule has 4 heteroatoms. The van der Waals surface area contributed by atoms with Crippen LogP contribution in [-0.2, 0) is 0 Å². The minimum absolute atomic E-state index is 0.174. The first-order valence-corrected chi connectivity index (χ1v) is 8.70. The summed E-state index contributed by atoms with van der Waals surface area (Å²) in [4.78, 5) is 11.1. The highest BCUT2D eigenvalue weighted by atomic mass is 16.5. The van der Waals surface area contributed by atoms with E-state index in [9.17, 15) is 4.79 Å². The number of nitrogens with one attached hydrogen (secondary N) is 1. The Labute approximate surface area is 147 Å². The first-order valence-electron chi connectivity index (χ1n) is 8.70. The second-order valence-corrected chi connectivity index (χ2v) is 6.58. The van der Waals surface area contributed by atoms with Crippen LogP contribution in [-0.4, -0.2) is 17.7 Å². The zero-order chi connectivity index (χ0) is 17.4. The van der Waals surface area contributed by atoms with E-state index < -0.39 is 5.97 Å². The molecule has 0 saturated carbocycles. The lowest BCUT2D eigenvalue weighted by molar-refractivity contribution is 0.0697. The quantitative estimate of drug-likeness (QED) is 0.801. The first-order chi connectivity index (χ1) is 12.2. The molecule has 2 N–H and O–H groups in total. The molecular weight excluding hydrogens is 314 g/mol. The van der Waals surface area contributed by atoms with Gasteiger partial charge in [-0.2, -0.15) is 0 Å². The van der Waals surface area contributed by atoms with E-state index in [0.29, 0.717) is 24.0 Å². The van der Waals surface area contributed by atoms with Crippen molar-refractivity contribution in [1.29, 1.82) is 0 Å². The standard InChI is InChI=1S/C21H21NO3/c1-2-25-15-10-11-19-18(12-15)16-4-3-5-17(16)20(22-19)13-6-8-14(9-7-13)21(23)24/h3-4,6-12,16-17,20,22H,2,5H2,1H3,(H,23,24)/t16-,17+,20+/m1/s1. The fraction of sp³-hybridized carbons (Fsp3) is 0.286. The van der Waals surface area contributed by atoms with Crippen molar-refractivity contribution in [3.8, 4) is 5.75 Å². The van der Waals surface area contributed by atoms with Crippen molar-refractivity contribution in [2.75, 3.05) is 11.9 Å². The molecule has 1 aliphatic heterocycles. The molecule has 1 heterocycles. The number of hydrogen-bond acceptors (Lipinski definition) is 3. The molecule has 0 fully saturated rings. The zero-order valence-electron chi connectivity index (χ0n) is 14.1. The van der Waals surface area contributed by atoms with E-state index in [-0.39, 0.29) is 6.04 Å². The van der Waals surface area contributed by atoms with E-state index in [1.807, 2.05) is 25.1 Å². The Bertz CT molecular complexity index is 826. The Morgan fingerprint density at radius 1 is 1.24 bits per heavy atom. The number of ether oxygens (including phenoxy) is 1. The lowest BCUT2D eigenvalue weighted by Gasteiger charge is -2.37. The second kappa shape index (κ2) is 6.28. The van der Waals surface area contributed by atoms with Crippen LogP contribution in [0.1, 0.15) is 46.8 Å². The summed E-state index contributed by atoms with van der Waals surface area (Å²) in [5.41, 5.74) is 3.86. The molecule has 25 heavy (non-hydrogen) atoms. The number of carboxylic acid groups (broad SMARTS) is 1. The Hall–Kier alpha value is -2.75. The molecule has 0 spiro atoms. The summed E-state index contributed by atoms with van der Waals surface area (Å²) in [6.07, 6.45) is 5.55. The SMILES string of the molecule is CCOc1ccc2c(c1)[C@@H]1C=CC[C@@H]1[C@H](c1ccc(C(=O)O)cc1)N2. The molecular formula is C21H21NO3. The third-order valence-electron chi connectivity index (χ3n) is 5.16. The summed E-state index contributed by atoms with van der Waals surface area (Å²) < 4.78 is 5.66. The van der Waals surface area contributed by atoms with Gasteiger partial charge in [-0.15, -0.1) is 0 Å². The summed E-state index contributed by atoms with van der Waals surface area (Å²) >= 11 is 0. The molecule has 2 aromatic rings. The summed E-state index contributed by atoms with van der Waals surface area (Å²) in [5.74, 6) is 0.810. The maximum Gasteiger partial charge on any atom is 0.335 e. The number of hydrogen-bond donors (Lipinski definition) is 2. The highest BCUT2D eigenvalue weighted by Gasteiger charge is 2.38. The van der Waals surface area contributed by atoms with Crippen molar-refractivity contribution < 1.29 is 14.6 Å². The predicted octanol–water partition coefficient (Wildman–Crippen LogP) is 4.61. The Balaban J connectivity index is 1.69. The fourth-order valence-corrected chi connectivity index (χ4v) is 3.99. The van der Waals surface area contributed by atoms with E-state index in [0.717, 1.165) is 23.4 Å². The number of anilines is 1. The molecule has 0 unspecified atom stereocenters. The van der Waals surface area contributed by atoms with Crippen LogP contribution in [0.15, 0.2) is 54.6 Å². The number of benzene rings is 2. The fourth-order valence-electron chi connectivity index (χ4n) is 3.99. The molecule has 0 radical (unpaired) electrons. The van der Waals surface area contributed by atoms with Crippen LogP contribution in [0.25, 0.3) is 0 Å². The molecule has 4 rings (SSSR count). The van der Waals surface area contributed by atoms with Gasteiger partial charge < -0.3 is 15.2 Å². The maximum atomic E-state index is 11.1. The molecule has 2 aliphatic rings. The number of aromatic carboxylic acids is 1. The highest BCUT2D eigenvalue weighted by Crippen LogP contribution is 2.50. The highest BCUT2D eigenvalue weighted by molar-refractivity contribution is 5.87. The van der Waals surface area contributed by atoms with Crippen LogP contribution < -0.4 is 10.1 Å². The van der Waals surface area contributed by atoms with Crippen LogP contribution in [0.2, 0.25) is 0 Å². The molecule has 3 atom stereocenters. The van der Waals surface area contributed by atoms with E-state index in [1.165, 1.54) is 5.56 Å². The summed E-state index contributed by atoms with van der Waals surface area (Å²) in [7, 11) is 0. The van der Waals surface area contributed by atoms with Crippen LogP contribution in [0, 0.1) is 5.92 Å². The van der Waals surface area contributed by atoms with Crippen LogP contribution in [0.4, 0.5) is 5.69 Å². The van der Waals surface area contributed by atoms with Crippen molar-refractivity contribution in [2.45, 2.75) is 25.3 Å². The monoisotopic (exact) mass is 335 g/mol. The molecule has 0 aromatic heterocycles. The number of allylic oxidation sites excluding steroid dienone is 2. The van der Waals surface area contributed by atoms with Gasteiger partial charge in [0.15, 0.2) is 0 Å². The van der Waals surface area contributed by atoms with E-state index in [4.69, 9.17) is 9.84 Å². The molecule has 2 aromatic carbocycles. The van der Waals surface area contributed by atoms with Gasteiger partial charge in [0.25, 0.3) is 0 Å². The summed E-state index contributed by atoms with van der Waals surface area (Å²) in [6.45, 7) is 2.65. The summed E-state index contributed by atoms with van der Waals surface area (Å²) in [5, 5.41) is 12.8. The number of carboxylic acids is 1. The zero-order valence-corrected chi connectivity index (χ0v) is 14.1. The average molecular weight is 335 g/mol. The Morgan fingerprint density at radius 3 is 2.76 bits per heavy atom. The smallest absolute Gasteiger partial charge is 0.335 e. The van der Waals surface area contributed by atoms with E-state index >= 15 is 0 Å². The van der Waals surface area contributed by atoms with Gasteiger partial charge in [0.1, 0.15) is 5.75 Å². The van der Waals surface area contributed by atoms with Crippen LogP contribution in [0.3, 0.4) is 0 Å². The van der Waals surface area contributed by atoms with E-state index in [1.54, 1.807) is 12.1 Å². The summed E-state index contributed by atoms with van der Waals surface area (Å²) in [6, 6.07) is 13.6. The molecule has 0 amide bonds. The van der Waals surface area contributed by atoms with E-state index in [2.05, 4.69) is 29.6 Å². The van der Waals surface area contributed by atoms with Gasteiger partial charge >= 0.3 is 5.97 Å². The number of fused-ring (bicyclic) bond motifs is 3. The third kappa shape index (κ3) is 2.78. The van der Waals surface area contributed by atoms with Gasteiger partial charge in [-0.1, -0.05) is 24.3 Å². The number of rotatable bonds is 4. The van der Waals surface area contributed by atoms with Gasteiger partial charge in [0, 0.05) is 11.6 Å². The van der Waals surface area contributed by atoms with Crippen molar-refractivity contribution in [1.82, 2.24) is 0 Å². The molecule has 4 nitrogen and oxygen atoms in total.